The highest BCUT2D eigenvalue weighted by Gasteiger charge is 2.29. The van der Waals surface area contributed by atoms with E-state index in [4.69, 9.17) is 0 Å². The van der Waals surface area contributed by atoms with Crippen LogP contribution in [0, 0.1) is 5.92 Å². The predicted molar refractivity (Wildman–Crippen MR) is 67.9 cm³/mol. The molecule has 1 fully saturated rings. The molecule has 2 aliphatic rings. The van der Waals surface area contributed by atoms with E-state index in [0.29, 0.717) is 5.92 Å². The minimum absolute atomic E-state index is 0.0647. The Kier molecular flexibility index (Phi) is 2.75. The van der Waals surface area contributed by atoms with Crippen LogP contribution in [-0.2, 0) is 0 Å². The smallest absolute Gasteiger partial charge is 0.254 e. The summed E-state index contributed by atoms with van der Waals surface area (Å²) in [6.45, 7) is 0. The fraction of sp³-hybridized carbons (Fsp3) is 0.500. The second kappa shape index (κ2) is 4.40. The summed E-state index contributed by atoms with van der Waals surface area (Å²) in [6, 6.07) is 7.74. The van der Waals surface area contributed by atoms with Crippen molar-refractivity contribution in [1.82, 2.24) is 5.32 Å². The van der Waals surface area contributed by atoms with Gasteiger partial charge in [-0.25, -0.2) is 0 Å². The minimum atomic E-state index is 0.0647. The Hall–Kier alpha value is -1.51. The van der Waals surface area contributed by atoms with Gasteiger partial charge in [0.05, 0.1) is 5.56 Å². The minimum Gasteiger partial charge on any atom is -0.364 e. The van der Waals surface area contributed by atoms with Crippen molar-refractivity contribution in [2.75, 3.05) is 5.32 Å². The lowest BCUT2D eigenvalue weighted by atomic mass is 9.86. The molecule has 0 unspecified atom stereocenters. The van der Waals surface area contributed by atoms with Gasteiger partial charge in [-0.1, -0.05) is 31.4 Å². The summed E-state index contributed by atoms with van der Waals surface area (Å²) in [6.07, 6.45) is 6.49. The third-order valence-corrected chi connectivity index (χ3v) is 3.89. The highest BCUT2D eigenvalue weighted by Crippen LogP contribution is 2.30. The van der Waals surface area contributed by atoms with Gasteiger partial charge in [-0.3, -0.25) is 4.79 Å². The maximum Gasteiger partial charge on any atom is 0.254 e. The Labute approximate surface area is 102 Å². The van der Waals surface area contributed by atoms with Crippen LogP contribution in [0.15, 0.2) is 24.3 Å². The van der Waals surface area contributed by atoms with Gasteiger partial charge in [-0.05, 0) is 30.9 Å². The highest BCUT2D eigenvalue weighted by molar-refractivity contribution is 6.01. The van der Waals surface area contributed by atoms with Crippen molar-refractivity contribution in [2.24, 2.45) is 5.92 Å². The number of para-hydroxylation sites is 1. The van der Waals surface area contributed by atoms with Crippen molar-refractivity contribution in [3.63, 3.8) is 0 Å². The number of amides is 1. The summed E-state index contributed by atoms with van der Waals surface area (Å²) in [4.78, 5) is 12.0. The average molecular weight is 230 g/mol. The third kappa shape index (κ3) is 2.02. The number of fused-ring (bicyclic) bond motifs is 1. The first-order valence-corrected chi connectivity index (χ1v) is 6.51. The van der Waals surface area contributed by atoms with Crippen molar-refractivity contribution in [2.45, 2.75) is 38.3 Å². The van der Waals surface area contributed by atoms with Crippen LogP contribution >= 0.6 is 0 Å². The summed E-state index contributed by atoms with van der Waals surface area (Å²) < 4.78 is 0. The zero-order valence-corrected chi connectivity index (χ0v) is 9.91. The topological polar surface area (TPSA) is 41.1 Å². The van der Waals surface area contributed by atoms with Gasteiger partial charge in [0, 0.05) is 5.69 Å². The number of hydrogen-bond donors (Lipinski definition) is 2. The van der Waals surface area contributed by atoms with Crippen LogP contribution in [0.2, 0.25) is 0 Å². The Balaban J connectivity index is 1.80. The first-order chi connectivity index (χ1) is 8.34. The molecule has 0 spiro atoms. The number of nitrogens with one attached hydrogen (secondary N) is 2. The van der Waals surface area contributed by atoms with Gasteiger partial charge >= 0.3 is 0 Å². The normalized spacial score (nSPS) is 24.7. The van der Waals surface area contributed by atoms with Crippen LogP contribution in [-0.4, -0.2) is 12.1 Å². The van der Waals surface area contributed by atoms with Crippen molar-refractivity contribution >= 4 is 11.6 Å². The molecule has 1 atom stereocenters. The van der Waals surface area contributed by atoms with E-state index in [2.05, 4.69) is 10.6 Å². The number of anilines is 1. The van der Waals surface area contributed by atoms with E-state index >= 15 is 0 Å². The zero-order valence-electron chi connectivity index (χ0n) is 9.91. The van der Waals surface area contributed by atoms with Gasteiger partial charge in [-0.2, -0.15) is 0 Å². The van der Waals surface area contributed by atoms with Crippen LogP contribution in [0.5, 0.6) is 0 Å². The summed E-state index contributed by atoms with van der Waals surface area (Å²) in [5, 5.41) is 6.56. The molecule has 3 heteroatoms. The van der Waals surface area contributed by atoms with Crippen LogP contribution in [0.1, 0.15) is 42.5 Å². The molecule has 3 nitrogen and oxygen atoms in total. The molecule has 17 heavy (non-hydrogen) atoms. The SMILES string of the molecule is O=C1N[C@@H](C2CCCCC2)Nc2ccccc21. The number of hydrogen-bond acceptors (Lipinski definition) is 2. The largest absolute Gasteiger partial charge is 0.364 e. The maximum absolute atomic E-state index is 12.0. The fourth-order valence-electron chi connectivity index (χ4n) is 2.93. The molecule has 1 amide bonds. The molecule has 1 aromatic carbocycles. The molecule has 1 heterocycles. The van der Waals surface area contributed by atoms with E-state index in [1.54, 1.807) is 0 Å². The molecular formula is C14H18N2O. The van der Waals surface area contributed by atoms with Crippen LogP contribution < -0.4 is 10.6 Å². The van der Waals surface area contributed by atoms with E-state index in [9.17, 15) is 4.79 Å². The number of benzene rings is 1. The maximum atomic E-state index is 12.0. The second-order valence-corrected chi connectivity index (χ2v) is 5.04. The quantitative estimate of drug-likeness (QED) is 0.779. The molecule has 0 bridgehead atoms. The summed E-state index contributed by atoms with van der Waals surface area (Å²) in [5.74, 6) is 0.649. The predicted octanol–water partition coefficient (Wildman–Crippen LogP) is 2.75. The Bertz CT molecular complexity index is 424. The molecular weight excluding hydrogens is 212 g/mol. The van der Waals surface area contributed by atoms with Crippen LogP contribution in [0.4, 0.5) is 5.69 Å². The molecule has 0 aromatic heterocycles. The Morgan fingerprint density at radius 3 is 2.59 bits per heavy atom. The second-order valence-electron chi connectivity index (χ2n) is 5.04. The lowest BCUT2D eigenvalue weighted by Gasteiger charge is -2.35. The van der Waals surface area contributed by atoms with Gasteiger partial charge in [0.15, 0.2) is 0 Å². The molecule has 2 N–H and O–H groups in total. The van der Waals surface area contributed by atoms with Crippen molar-refractivity contribution in [1.29, 1.82) is 0 Å². The van der Waals surface area contributed by atoms with Gasteiger partial charge in [0.1, 0.15) is 6.17 Å². The van der Waals surface area contributed by atoms with Gasteiger partial charge in [0.25, 0.3) is 5.91 Å². The lowest BCUT2D eigenvalue weighted by molar-refractivity contribution is 0.0914. The summed E-state index contributed by atoms with van der Waals surface area (Å²) in [7, 11) is 0. The van der Waals surface area contributed by atoms with E-state index in [-0.39, 0.29) is 12.1 Å². The molecule has 1 aliphatic heterocycles. The standard InChI is InChI=1S/C14H18N2O/c17-14-11-8-4-5-9-12(11)15-13(16-14)10-6-2-1-3-7-10/h4-5,8-10,13,15H,1-3,6-7H2,(H,16,17)/t13-/m0/s1. The molecule has 3 rings (SSSR count). The van der Waals surface area contributed by atoms with Gasteiger partial charge < -0.3 is 10.6 Å². The number of carbonyl (C=O) groups excluding carboxylic acids is 1. The van der Waals surface area contributed by atoms with E-state index < -0.39 is 0 Å². The summed E-state index contributed by atoms with van der Waals surface area (Å²) >= 11 is 0. The molecule has 1 saturated carbocycles. The van der Waals surface area contributed by atoms with Crippen LogP contribution in [0.25, 0.3) is 0 Å². The Morgan fingerprint density at radius 2 is 1.76 bits per heavy atom. The van der Waals surface area contributed by atoms with Crippen LogP contribution in [0.3, 0.4) is 0 Å². The number of rotatable bonds is 1. The fourth-order valence-corrected chi connectivity index (χ4v) is 2.93. The van der Waals surface area contributed by atoms with E-state index in [1.807, 2.05) is 24.3 Å². The molecule has 1 aromatic rings. The zero-order chi connectivity index (χ0) is 11.7. The van der Waals surface area contributed by atoms with Gasteiger partial charge in [-0.15, -0.1) is 0 Å². The third-order valence-electron chi connectivity index (χ3n) is 3.89. The lowest BCUT2D eigenvalue weighted by Crippen LogP contribution is -2.49. The molecule has 90 valence electrons. The van der Waals surface area contributed by atoms with Crippen molar-refractivity contribution in [3.05, 3.63) is 29.8 Å². The van der Waals surface area contributed by atoms with E-state index in [1.165, 1.54) is 32.1 Å². The summed E-state index contributed by atoms with van der Waals surface area (Å²) in [5.41, 5.74) is 1.74. The Morgan fingerprint density at radius 1 is 1.00 bits per heavy atom. The highest BCUT2D eigenvalue weighted by atomic mass is 16.2. The van der Waals surface area contributed by atoms with E-state index in [0.717, 1.165) is 11.3 Å². The van der Waals surface area contributed by atoms with Gasteiger partial charge in [0.2, 0.25) is 0 Å². The monoisotopic (exact) mass is 230 g/mol. The molecule has 1 aliphatic carbocycles. The number of carbonyl (C=O) groups is 1. The average Bonchev–Trinajstić information content (AvgIpc) is 2.40. The first-order valence-electron chi connectivity index (χ1n) is 6.51. The van der Waals surface area contributed by atoms with Crippen molar-refractivity contribution < 1.29 is 4.79 Å². The molecule has 0 saturated heterocycles. The molecule has 0 radical (unpaired) electrons. The van der Waals surface area contributed by atoms with Crippen molar-refractivity contribution in [3.8, 4) is 0 Å². The first kappa shape index (κ1) is 10.6.